The molecule has 0 radical (unpaired) electrons. The fourth-order valence-electron chi connectivity index (χ4n) is 2.06. The van der Waals surface area contributed by atoms with Crippen molar-refractivity contribution in [2.75, 3.05) is 37.0 Å². The maximum atomic E-state index is 12.8. The molecule has 0 aromatic heterocycles. The van der Waals surface area contributed by atoms with E-state index < -0.39 is 14.6 Å². The summed E-state index contributed by atoms with van der Waals surface area (Å²) in [6, 6.07) is 7.93. The van der Waals surface area contributed by atoms with Gasteiger partial charge in [0.05, 0.1) is 62.7 Å². The van der Waals surface area contributed by atoms with Crippen LogP contribution in [0.25, 0.3) is 0 Å². The molecule has 0 aliphatic heterocycles. The van der Waals surface area contributed by atoms with Crippen LogP contribution in [0, 0.1) is 45.3 Å². The van der Waals surface area contributed by atoms with Gasteiger partial charge in [-0.3, -0.25) is 4.89 Å². The number of nitriles is 4. The van der Waals surface area contributed by atoms with Gasteiger partial charge in [0.15, 0.2) is 0 Å². The normalized spacial score (nSPS) is 11.0. The quantitative estimate of drug-likeness (QED) is 0.575. The molecule has 0 saturated heterocycles. The number of hydrogen-bond donors (Lipinski definition) is 1. The van der Waals surface area contributed by atoms with E-state index in [0.717, 1.165) is 0 Å². The van der Waals surface area contributed by atoms with E-state index in [1.54, 1.807) is 0 Å². The minimum absolute atomic E-state index is 0.177. The minimum atomic E-state index is -2.66. The molecule has 0 saturated carbocycles. The van der Waals surface area contributed by atoms with Gasteiger partial charge in [0, 0.05) is 31.3 Å². The number of rotatable bonds is 11. The second-order valence-electron chi connectivity index (χ2n) is 5.13. The van der Waals surface area contributed by atoms with Crippen molar-refractivity contribution >= 4 is 14.6 Å². The van der Waals surface area contributed by atoms with Gasteiger partial charge in [-0.1, -0.05) is 0 Å². The van der Waals surface area contributed by atoms with Crippen LogP contribution < -0.4 is 0 Å². The van der Waals surface area contributed by atoms with Crippen LogP contribution >= 0.6 is 14.6 Å². The molecule has 0 rings (SSSR count). The van der Waals surface area contributed by atoms with Crippen LogP contribution in [0.4, 0.5) is 0 Å². The van der Waals surface area contributed by atoms with Gasteiger partial charge in [-0.2, -0.15) is 21.0 Å². The van der Waals surface area contributed by atoms with Crippen molar-refractivity contribution in [1.82, 2.24) is 0 Å². The fraction of sp³-hybridized carbons (Fsp3) is 0.714. The Morgan fingerprint density at radius 3 is 1.50 bits per heavy atom. The molecular weight excluding hydrogens is 318 g/mol. The molecular formula is C14H21N4O2P2+. The molecule has 0 aliphatic carbocycles. The summed E-state index contributed by atoms with van der Waals surface area (Å²) in [6.45, 7) is 0. The molecule has 118 valence electrons. The Balaban J connectivity index is 4.84. The highest BCUT2D eigenvalue weighted by Crippen LogP contribution is 2.59. The number of nitrogens with zero attached hydrogens (tertiary/aromatic N) is 4. The van der Waals surface area contributed by atoms with Crippen LogP contribution in [0.5, 0.6) is 0 Å². The Bertz CT molecular complexity index is 511. The van der Waals surface area contributed by atoms with E-state index in [1.165, 1.54) is 0 Å². The molecule has 6 nitrogen and oxygen atoms in total. The molecule has 0 spiro atoms. The molecule has 0 atom stereocenters. The highest BCUT2D eigenvalue weighted by atomic mass is 31.2. The molecule has 0 heterocycles. The van der Waals surface area contributed by atoms with Crippen molar-refractivity contribution in [1.29, 1.82) is 21.0 Å². The molecule has 1 N–H and O–H groups in total. The van der Waals surface area contributed by atoms with E-state index in [-0.39, 0.29) is 44.2 Å². The average Bonchev–Trinajstić information content (AvgIpc) is 2.53. The first-order valence-corrected chi connectivity index (χ1v) is 11.6. The SMILES string of the molecule is N#CCCP(=O)(CCC#N)CC[P+](O)(CCC#N)CCC#N. The maximum absolute atomic E-state index is 12.8. The van der Waals surface area contributed by atoms with E-state index >= 15 is 0 Å². The fourth-order valence-corrected chi connectivity index (χ4v) is 8.40. The van der Waals surface area contributed by atoms with Crippen molar-refractivity contribution in [2.45, 2.75) is 25.7 Å². The van der Waals surface area contributed by atoms with Crippen LogP contribution in [-0.2, 0) is 4.57 Å². The lowest BCUT2D eigenvalue weighted by Gasteiger charge is -2.22. The Labute approximate surface area is 132 Å². The molecule has 22 heavy (non-hydrogen) atoms. The largest absolute Gasteiger partial charge is 0.323 e. The summed E-state index contributed by atoms with van der Waals surface area (Å²) >= 11 is 0. The summed E-state index contributed by atoms with van der Waals surface area (Å²) < 4.78 is 12.8. The Morgan fingerprint density at radius 2 is 1.14 bits per heavy atom. The lowest BCUT2D eigenvalue weighted by molar-refractivity contribution is 0.571. The van der Waals surface area contributed by atoms with Crippen molar-refractivity contribution in [3.8, 4) is 24.3 Å². The van der Waals surface area contributed by atoms with Crippen molar-refractivity contribution < 1.29 is 9.46 Å². The molecule has 0 aromatic carbocycles. The highest BCUT2D eigenvalue weighted by molar-refractivity contribution is 7.72. The van der Waals surface area contributed by atoms with Gasteiger partial charge in [0.2, 0.25) is 0 Å². The average molecular weight is 339 g/mol. The lowest BCUT2D eigenvalue weighted by Crippen LogP contribution is -2.12. The monoisotopic (exact) mass is 339 g/mol. The summed E-state index contributed by atoms with van der Waals surface area (Å²) in [4.78, 5) is 10.6. The van der Waals surface area contributed by atoms with Gasteiger partial charge in [-0.25, -0.2) is 0 Å². The maximum Gasteiger partial charge on any atom is 0.144 e. The summed E-state index contributed by atoms with van der Waals surface area (Å²) in [6.07, 6.45) is 2.65. The summed E-state index contributed by atoms with van der Waals surface area (Å²) in [5.74, 6) is 0. The molecule has 0 aliphatic rings. The van der Waals surface area contributed by atoms with Crippen LogP contribution in [0.2, 0.25) is 0 Å². The predicted molar refractivity (Wildman–Crippen MR) is 86.9 cm³/mol. The molecule has 0 amide bonds. The predicted octanol–water partition coefficient (Wildman–Crippen LogP) is 2.93. The van der Waals surface area contributed by atoms with Gasteiger partial charge in [0.25, 0.3) is 0 Å². The third-order valence-electron chi connectivity index (χ3n) is 3.47. The second-order valence-corrected chi connectivity index (χ2v) is 12.1. The van der Waals surface area contributed by atoms with Gasteiger partial charge in [-0.15, -0.1) is 0 Å². The zero-order valence-electron chi connectivity index (χ0n) is 12.6. The van der Waals surface area contributed by atoms with E-state index in [2.05, 4.69) is 0 Å². The molecule has 8 heteroatoms. The molecule has 0 unspecified atom stereocenters. The van der Waals surface area contributed by atoms with Crippen molar-refractivity contribution in [2.24, 2.45) is 0 Å². The van der Waals surface area contributed by atoms with Crippen molar-refractivity contribution in [3.63, 3.8) is 0 Å². The van der Waals surface area contributed by atoms with Crippen LogP contribution in [0.1, 0.15) is 25.7 Å². The Kier molecular flexibility index (Phi) is 10.5. The summed E-state index contributed by atoms with van der Waals surface area (Å²) in [5, 5.41) is 34.7. The second kappa shape index (κ2) is 11.2. The summed E-state index contributed by atoms with van der Waals surface area (Å²) in [5.41, 5.74) is 0. The third kappa shape index (κ3) is 8.78. The van der Waals surface area contributed by atoms with E-state index in [0.29, 0.717) is 18.5 Å². The summed E-state index contributed by atoms with van der Waals surface area (Å²) in [7, 11) is -5.10. The minimum Gasteiger partial charge on any atom is -0.323 e. The highest BCUT2D eigenvalue weighted by Gasteiger charge is 2.37. The van der Waals surface area contributed by atoms with Crippen LogP contribution in [-0.4, -0.2) is 41.9 Å². The third-order valence-corrected chi connectivity index (χ3v) is 10.1. The van der Waals surface area contributed by atoms with Gasteiger partial charge in [-0.05, 0) is 0 Å². The van der Waals surface area contributed by atoms with Crippen LogP contribution in [0.15, 0.2) is 0 Å². The number of hydrogen-bond acceptors (Lipinski definition) is 6. The first-order valence-electron chi connectivity index (χ1n) is 7.09. The van der Waals surface area contributed by atoms with E-state index in [4.69, 9.17) is 21.0 Å². The van der Waals surface area contributed by atoms with Crippen LogP contribution in [0.3, 0.4) is 0 Å². The van der Waals surface area contributed by atoms with E-state index in [1.807, 2.05) is 24.3 Å². The standard InChI is InChI=1S/C14H21N4O2P2/c15-5-1-9-21(19,10-2-6-16)13-14-22(20,11-3-7-17)12-4-8-18/h19H,1-4,9-14H2/q+1. The van der Waals surface area contributed by atoms with Gasteiger partial charge in [0.1, 0.15) is 7.49 Å². The lowest BCUT2D eigenvalue weighted by atomic mass is 10.5. The first kappa shape index (κ1) is 20.6. The Hall–Kier alpha value is -1.42. The topological polar surface area (TPSA) is 132 Å². The zero-order chi connectivity index (χ0) is 16.9. The van der Waals surface area contributed by atoms with Gasteiger partial charge < -0.3 is 4.57 Å². The van der Waals surface area contributed by atoms with Crippen molar-refractivity contribution in [3.05, 3.63) is 0 Å². The molecule has 0 aromatic rings. The smallest absolute Gasteiger partial charge is 0.144 e. The molecule has 0 bridgehead atoms. The first-order chi connectivity index (χ1) is 10.4. The van der Waals surface area contributed by atoms with E-state index in [9.17, 15) is 9.46 Å². The Morgan fingerprint density at radius 1 is 0.727 bits per heavy atom. The zero-order valence-corrected chi connectivity index (χ0v) is 14.4. The van der Waals surface area contributed by atoms with Gasteiger partial charge >= 0.3 is 0 Å². The molecule has 0 fully saturated rings.